The van der Waals surface area contributed by atoms with Gasteiger partial charge in [-0.2, -0.15) is 0 Å². The van der Waals surface area contributed by atoms with Crippen molar-refractivity contribution in [2.75, 3.05) is 0 Å². The Morgan fingerprint density at radius 3 is 2.80 bits per heavy atom. The average Bonchev–Trinajstić information content (AvgIpc) is 2.10. The maximum absolute atomic E-state index is 4.22. The predicted octanol–water partition coefficient (Wildman–Crippen LogP) is 0.402. The fraction of sp³-hybridized carbons (Fsp3) is 0.571. The fourth-order valence-electron chi connectivity index (χ4n) is 1.22. The second-order valence-electron chi connectivity index (χ2n) is 2.79. The molecule has 1 fully saturated rings. The van der Waals surface area contributed by atoms with Crippen molar-refractivity contribution in [3.63, 3.8) is 0 Å². The Hall–Kier alpha value is 0.00870. The zero-order chi connectivity index (χ0) is 6.97. The summed E-state index contributed by atoms with van der Waals surface area (Å²) in [6, 6.07) is 0.779. The monoisotopic (exact) mass is 241 g/mol. The standard InChI is InChI=1S/C7H9N2.Sn/c1-2-7(3-1)9-5-4-8-6-9;/h5-7H,1-3H2;. The van der Waals surface area contributed by atoms with Crippen LogP contribution >= 0.6 is 0 Å². The van der Waals surface area contributed by atoms with Gasteiger partial charge in [-0.05, 0) is 0 Å². The molecule has 1 aliphatic carbocycles. The molecule has 3 radical (unpaired) electrons. The molecule has 51 valence electrons. The van der Waals surface area contributed by atoms with E-state index in [1.54, 1.807) is 0 Å². The Kier molecular flexibility index (Phi) is 1.72. The molecule has 3 heteroatoms. The Morgan fingerprint density at radius 2 is 2.40 bits per heavy atom. The fourth-order valence-corrected chi connectivity index (χ4v) is 1.81. The molecule has 0 bridgehead atoms. The first-order valence-electron chi connectivity index (χ1n) is 3.61. The molecule has 1 aliphatic rings. The Morgan fingerprint density at radius 1 is 1.60 bits per heavy atom. The number of nitrogens with zero attached hydrogens (tertiary/aromatic N) is 2. The molecule has 0 atom stereocenters. The van der Waals surface area contributed by atoms with E-state index in [0.717, 1.165) is 6.04 Å². The summed E-state index contributed by atoms with van der Waals surface area (Å²) in [6.45, 7) is 0. The van der Waals surface area contributed by atoms with Gasteiger partial charge in [0, 0.05) is 0 Å². The normalized spacial score (nSPS) is 18.9. The third-order valence-corrected chi connectivity index (χ3v) is 2.83. The summed E-state index contributed by atoms with van der Waals surface area (Å²) in [5.41, 5.74) is 0. The van der Waals surface area contributed by atoms with Gasteiger partial charge in [-0.1, -0.05) is 0 Å². The van der Waals surface area contributed by atoms with Gasteiger partial charge < -0.3 is 0 Å². The summed E-state index contributed by atoms with van der Waals surface area (Å²) in [5.74, 6) is 0. The van der Waals surface area contributed by atoms with Crippen LogP contribution in [-0.2, 0) is 0 Å². The van der Waals surface area contributed by atoms with Crippen LogP contribution < -0.4 is 3.71 Å². The van der Waals surface area contributed by atoms with E-state index in [4.69, 9.17) is 0 Å². The number of hydrogen-bond donors (Lipinski definition) is 0. The van der Waals surface area contributed by atoms with E-state index < -0.39 is 0 Å². The quantitative estimate of drug-likeness (QED) is 0.649. The second kappa shape index (κ2) is 2.57. The average molecular weight is 240 g/mol. The van der Waals surface area contributed by atoms with Gasteiger partial charge in [-0.3, -0.25) is 0 Å². The topological polar surface area (TPSA) is 17.8 Å². The van der Waals surface area contributed by atoms with Gasteiger partial charge in [0.15, 0.2) is 0 Å². The van der Waals surface area contributed by atoms with Crippen molar-refractivity contribution < 1.29 is 0 Å². The van der Waals surface area contributed by atoms with E-state index in [1.807, 2.05) is 6.33 Å². The van der Waals surface area contributed by atoms with E-state index >= 15 is 0 Å². The number of rotatable bonds is 1. The minimum atomic E-state index is 0.779. The molecule has 0 spiro atoms. The van der Waals surface area contributed by atoms with Gasteiger partial charge in [0.2, 0.25) is 0 Å². The summed E-state index contributed by atoms with van der Waals surface area (Å²) >= 11 is 1.42. The molecular formula is C7H9N2Sn. The van der Waals surface area contributed by atoms with Crippen LogP contribution in [0.2, 0.25) is 0 Å². The van der Waals surface area contributed by atoms with E-state index in [1.165, 1.54) is 45.5 Å². The molecule has 1 aromatic rings. The van der Waals surface area contributed by atoms with Crippen LogP contribution in [-0.4, -0.2) is 32.1 Å². The van der Waals surface area contributed by atoms with Crippen LogP contribution in [0.3, 0.4) is 0 Å². The predicted molar refractivity (Wildman–Crippen MR) is 40.5 cm³/mol. The zero-order valence-corrected chi connectivity index (χ0v) is 8.60. The van der Waals surface area contributed by atoms with Crippen LogP contribution in [0, 0.1) is 0 Å². The van der Waals surface area contributed by atoms with Gasteiger partial charge in [0.1, 0.15) is 0 Å². The molecule has 1 heterocycles. The van der Waals surface area contributed by atoms with Crippen molar-refractivity contribution in [1.82, 2.24) is 9.55 Å². The van der Waals surface area contributed by atoms with Gasteiger partial charge in [0.25, 0.3) is 0 Å². The molecule has 0 saturated heterocycles. The molecule has 0 N–H and O–H groups in total. The Bertz CT molecular complexity index is 227. The number of imidazole rings is 1. The molecule has 0 aliphatic heterocycles. The summed E-state index contributed by atoms with van der Waals surface area (Å²) in [6.07, 6.45) is 8.24. The molecule has 1 aromatic heterocycles. The Balaban J connectivity index is 2.17. The first kappa shape index (κ1) is 6.70. The van der Waals surface area contributed by atoms with E-state index in [2.05, 4.69) is 15.7 Å². The van der Waals surface area contributed by atoms with Crippen LogP contribution in [0.1, 0.15) is 25.3 Å². The molecule has 2 rings (SSSR count). The van der Waals surface area contributed by atoms with Crippen LogP contribution in [0.25, 0.3) is 0 Å². The molecule has 2 nitrogen and oxygen atoms in total. The zero-order valence-electron chi connectivity index (χ0n) is 5.75. The van der Waals surface area contributed by atoms with Crippen molar-refractivity contribution in [3.8, 4) is 0 Å². The van der Waals surface area contributed by atoms with Gasteiger partial charge in [-0.25, -0.2) is 0 Å². The van der Waals surface area contributed by atoms with Crippen LogP contribution in [0.4, 0.5) is 0 Å². The van der Waals surface area contributed by atoms with E-state index in [0.29, 0.717) is 0 Å². The van der Waals surface area contributed by atoms with Crippen molar-refractivity contribution >= 4 is 26.2 Å². The maximum atomic E-state index is 4.22. The van der Waals surface area contributed by atoms with Crippen LogP contribution in [0.5, 0.6) is 0 Å². The third-order valence-electron chi connectivity index (χ3n) is 2.10. The van der Waals surface area contributed by atoms with Crippen molar-refractivity contribution in [2.24, 2.45) is 0 Å². The summed E-state index contributed by atoms with van der Waals surface area (Å²) in [4.78, 5) is 4.22. The first-order chi connectivity index (χ1) is 4.86. The SMILES string of the molecule is [Sn][c]1cn(C2CCC2)cn1. The number of hydrogen-bond acceptors (Lipinski definition) is 1. The van der Waals surface area contributed by atoms with Crippen LogP contribution in [0.15, 0.2) is 12.5 Å². The first-order valence-corrected chi connectivity index (χ1v) is 5.04. The van der Waals surface area contributed by atoms with Gasteiger partial charge in [-0.15, -0.1) is 0 Å². The third kappa shape index (κ3) is 1.09. The molecule has 0 unspecified atom stereocenters. The molecular weight excluding hydrogens is 231 g/mol. The Labute approximate surface area is 73.7 Å². The number of aromatic nitrogens is 2. The minimum absolute atomic E-state index is 0.779. The van der Waals surface area contributed by atoms with Crippen molar-refractivity contribution in [3.05, 3.63) is 12.5 Å². The van der Waals surface area contributed by atoms with E-state index in [-0.39, 0.29) is 0 Å². The van der Waals surface area contributed by atoms with Crippen molar-refractivity contribution in [2.45, 2.75) is 25.3 Å². The summed E-state index contributed by atoms with van der Waals surface area (Å²) < 4.78 is 3.48. The molecule has 0 amide bonds. The molecule has 0 aromatic carbocycles. The molecule has 1 saturated carbocycles. The summed E-state index contributed by atoms with van der Waals surface area (Å²) in [5, 5.41) is 0. The van der Waals surface area contributed by atoms with Crippen molar-refractivity contribution in [1.29, 1.82) is 0 Å². The molecule has 10 heavy (non-hydrogen) atoms. The summed E-state index contributed by atoms with van der Waals surface area (Å²) in [7, 11) is 0. The second-order valence-corrected chi connectivity index (χ2v) is 4.25. The van der Waals surface area contributed by atoms with Gasteiger partial charge >= 0.3 is 73.6 Å². The van der Waals surface area contributed by atoms with Gasteiger partial charge in [0.05, 0.1) is 0 Å². The van der Waals surface area contributed by atoms with E-state index in [9.17, 15) is 0 Å².